The molecule has 5 heteroatoms. The van der Waals surface area contributed by atoms with Gasteiger partial charge in [-0.25, -0.2) is 0 Å². The maximum atomic E-state index is 12.8. The minimum absolute atomic E-state index is 0.0524. The topological polar surface area (TPSA) is 62.3 Å². The van der Waals surface area contributed by atoms with Crippen LogP contribution >= 0.6 is 0 Å². The number of aromatic nitrogens is 1. The molecule has 0 radical (unpaired) electrons. The van der Waals surface area contributed by atoms with Gasteiger partial charge in [0.2, 0.25) is 0 Å². The Hall–Kier alpha value is -2.69. The zero-order chi connectivity index (χ0) is 20.5. The third-order valence-electron chi connectivity index (χ3n) is 4.75. The van der Waals surface area contributed by atoms with E-state index in [1.54, 1.807) is 12.1 Å². The number of pyridine rings is 1. The van der Waals surface area contributed by atoms with E-state index in [2.05, 4.69) is 38.0 Å². The SMILES string of the molecule is CCCN(CCC)C(=O)c1ccnc(C(=O)Nc2c(CC)cccc2CC)c1. The zero-order valence-electron chi connectivity index (χ0n) is 17.4. The molecule has 0 bridgehead atoms. The zero-order valence-corrected chi connectivity index (χ0v) is 17.4. The van der Waals surface area contributed by atoms with E-state index < -0.39 is 0 Å². The number of carbonyl (C=O) groups excluding carboxylic acids is 2. The molecule has 0 spiro atoms. The first-order valence-corrected chi connectivity index (χ1v) is 10.2. The molecular weight excluding hydrogens is 350 g/mol. The average Bonchev–Trinajstić information content (AvgIpc) is 2.73. The Kier molecular flexibility index (Phi) is 8.18. The number of amides is 2. The lowest BCUT2D eigenvalue weighted by atomic mass is 10.0. The molecule has 0 unspecified atom stereocenters. The smallest absolute Gasteiger partial charge is 0.274 e. The van der Waals surface area contributed by atoms with Crippen molar-refractivity contribution in [1.82, 2.24) is 9.88 Å². The highest BCUT2D eigenvalue weighted by Crippen LogP contribution is 2.23. The van der Waals surface area contributed by atoms with Crippen molar-refractivity contribution in [3.05, 3.63) is 58.9 Å². The summed E-state index contributed by atoms with van der Waals surface area (Å²) in [7, 11) is 0. The molecule has 150 valence electrons. The number of hydrogen-bond donors (Lipinski definition) is 1. The molecule has 2 amide bonds. The molecule has 28 heavy (non-hydrogen) atoms. The summed E-state index contributed by atoms with van der Waals surface area (Å²) < 4.78 is 0. The van der Waals surface area contributed by atoms with Crippen LogP contribution in [0.4, 0.5) is 5.69 Å². The molecule has 0 saturated carbocycles. The molecule has 1 aromatic carbocycles. The maximum Gasteiger partial charge on any atom is 0.274 e. The van der Waals surface area contributed by atoms with E-state index in [4.69, 9.17) is 0 Å². The summed E-state index contributed by atoms with van der Waals surface area (Å²) in [6, 6.07) is 9.33. The summed E-state index contributed by atoms with van der Waals surface area (Å²) in [4.78, 5) is 31.7. The van der Waals surface area contributed by atoms with E-state index >= 15 is 0 Å². The van der Waals surface area contributed by atoms with E-state index in [0.717, 1.165) is 42.5 Å². The number of rotatable bonds is 9. The second-order valence-corrected chi connectivity index (χ2v) is 6.83. The van der Waals surface area contributed by atoms with Crippen molar-refractivity contribution in [1.29, 1.82) is 0 Å². The normalized spacial score (nSPS) is 10.6. The average molecular weight is 382 g/mol. The molecule has 0 atom stereocenters. The van der Waals surface area contributed by atoms with Crippen LogP contribution in [0.15, 0.2) is 36.5 Å². The first-order valence-electron chi connectivity index (χ1n) is 10.2. The first kappa shape index (κ1) is 21.6. The Balaban J connectivity index is 2.27. The van der Waals surface area contributed by atoms with Crippen molar-refractivity contribution >= 4 is 17.5 Å². The van der Waals surface area contributed by atoms with Gasteiger partial charge in [0.05, 0.1) is 0 Å². The van der Waals surface area contributed by atoms with Gasteiger partial charge >= 0.3 is 0 Å². The van der Waals surface area contributed by atoms with E-state index in [0.29, 0.717) is 18.7 Å². The van der Waals surface area contributed by atoms with Crippen LogP contribution in [0.3, 0.4) is 0 Å². The molecule has 0 aliphatic heterocycles. The maximum absolute atomic E-state index is 12.8. The molecule has 1 heterocycles. The summed E-state index contributed by atoms with van der Waals surface area (Å²) in [6.45, 7) is 9.66. The van der Waals surface area contributed by atoms with Crippen LogP contribution in [0.2, 0.25) is 0 Å². The van der Waals surface area contributed by atoms with E-state index in [9.17, 15) is 9.59 Å². The molecule has 2 rings (SSSR count). The van der Waals surface area contributed by atoms with E-state index in [-0.39, 0.29) is 17.5 Å². The van der Waals surface area contributed by atoms with Crippen LogP contribution in [0.25, 0.3) is 0 Å². The fourth-order valence-electron chi connectivity index (χ4n) is 3.31. The number of aryl methyl sites for hydroxylation is 2. The van der Waals surface area contributed by atoms with Crippen LogP contribution < -0.4 is 5.32 Å². The van der Waals surface area contributed by atoms with Gasteiger partial charge in [-0.05, 0) is 48.9 Å². The van der Waals surface area contributed by atoms with Crippen molar-refractivity contribution in [3.63, 3.8) is 0 Å². The van der Waals surface area contributed by atoms with Gasteiger partial charge in [0.25, 0.3) is 11.8 Å². The molecular formula is C23H31N3O2. The standard InChI is InChI=1S/C23H31N3O2/c1-5-14-26(15-6-2)23(28)19-12-13-24-20(16-19)22(27)25-21-17(7-3)10-9-11-18(21)8-4/h9-13,16H,5-8,14-15H2,1-4H3,(H,25,27). The van der Waals surface area contributed by atoms with E-state index in [1.165, 1.54) is 6.20 Å². The van der Waals surface area contributed by atoms with Gasteiger partial charge in [-0.15, -0.1) is 0 Å². The van der Waals surface area contributed by atoms with Crippen molar-refractivity contribution in [2.45, 2.75) is 53.4 Å². The number of nitrogens with zero attached hydrogens (tertiary/aromatic N) is 2. The van der Waals surface area contributed by atoms with Crippen LogP contribution in [-0.2, 0) is 12.8 Å². The van der Waals surface area contributed by atoms with Crippen LogP contribution in [-0.4, -0.2) is 34.8 Å². The molecule has 5 nitrogen and oxygen atoms in total. The van der Waals surface area contributed by atoms with Gasteiger partial charge in [0.1, 0.15) is 5.69 Å². The molecule has 1 N–H and O–H groups in total. The van der Waals surface area contributed by atoms with Crippen molar-refractivity contribution in [2.75, 3.05) is 18.4 Å². The minimum atomic E-state index is -0.289. The number of benzene rings is 1. The highest BCUT2D eigenvalue weighted by Gasteiger charge is 2.18. The molecule has 0 saturated heterocycles. The Morgan fingerprint density at radius 2 is 1.57 bits per heavy atom. The molecule has 0 aliphatic rings. The Labute approximate surface area is 168 Å². The predicted molar refractivity (Wildman–Crippen MR) is 114 cm³/mol. The quantitative estimate of drug-likeness (QED) is 0.683. The Morgan fingerprint density at radius 3 is 2.11 bits per heavy atom. The lowest BCUT2D eigenvalue weighted by molar-refractivity contribution is 0.0755. The summed E-state index contributed by atoms with van der Waals surface area (Å²) in [5.74, 6) is -0.342. The van der Waals surface area contributed by atoms with Gasteiger partial charge in [0.15, 0.2) is 0 Å². The number of anilines is 1. The van der Waals surface area contributed by atoms with Crippen LogP contribution in [0.1, 0.15) is 72.5 Å². The monoisotopic (exact) mass is 381 g/mol. The third kappa shape index (κ3) is 5.18. The summed E-state index contributed by atoms with van der Waals surface area (Å²) in [5.41, 5.74) is 3.80. The molecule has 2 aromatic rings. The van der Waals surface area contributed by atoms with Gasteiger partial charge < -0.3 is 10.2 Å². The molecule has 1 aromatic heterocycles. The highest BCUT2D eigenvalue weighted by atomic mass is 16.2. The highest BCUT2D eigenvalue weighted by molar-refractivity contribution is 6.05. The van der Waals surface area contributed by atoms with Crippen LogP contribution in [0, 0.1) is 0 Å². The van der Waals surface area contributed by atoms with Gasteiger partial charge in [-0.1, -0.05) is 45.9 Å². The Bertz CT molecular complexity index is 789. The second kappa shape index (κ2) is 10.6. The lowest BCUT2D eigenvalue weighted by Crippen LogP contribution is -2.32. The predicted octanol–water partition coefficient (Wildman–Crippen LogP) is 4.72. The second-order valence-electron chi connectivity index (χ2n) is 6.83. The number of para-hydroxylation sites is 1. The van der Waals surface area contributed by atoms with Gasteiger partial charge in [0, 0.05) is 30.5 Å². The largest absolute Gasteiger partial charge is 0.339 e. The van der Waals surface area contributed by atoms with Crippen molar-refractivity contribution in [3.8, 4) is 0 Å². The van der Waals surface area contributed by atoms with Crippen molar-refractivity contribution < 1.29 is 9.59 Å². The number of nitrogens with one attached hydrogen (secondary N) is 1. The van der Waals surface area contributed by atoms with Gasteiger partial charge in [-0.3, -0.25) is 14.6 Å². The number of carbonyl (C=O) groups is 2. The fraction of sp³-hybridized carbons (Fsp3) is 0.435. The molecule has 0 aliphatic carbocycles. The third-order valence-corrected chi connectivity index (χ3v) is 4.75. The molecule has 0 fully saturated rings. The summed E-state index contributed by atoms with van der Waals surface area (Å²) >= 11 is 0. The lowest BCUT2D eigenvalue weighted by Gasteiger charge is -2.21. The summed E-state index contributed by atoms with van der Waals surface area (Å²) in [5, 5.41) is 3.02. The van der Waals surface area contributed by atoms with Crippen molar-refractivity contribution in [2.24, 2.45) is 0 Å². The fourth-order valence-corrected chi connectivity index (χ4v) is 3.31. The van der Waals surface area contributed by atoms with Gasteiger partial charge in [-0.2, -0.15) is 0 Å². The Morgan fingerprint density at radius 1 is 0.964 bits per heavy atom. The van der Waals surface area contributed by atoms with Crippen LogP contribution in [0.5, 0.6) is 0 Å². The number of hydrogen-bond acceptors (Lipinski definition) is 3. The van der Waals surface area contributed by atoms with E-state index in [1.807, 2.05) is 23.1 Å². The minimum Gasteiger partial charge on any atom is -0.339 e. The first-order chi connectivity index (χ1) is 13.5. The summed E-state index contributed by atoms with van der Waals surface area (Å²) in [6.07, 6.45) is 5.00.